The van der Waals surface area contributed by atoms with E-state index < -0.39 is 0 Å². The highest BCUT2D eigenvalue weighted by Gasteiger charge is 2.09. The van der Waals surface area contributed by atoms with Crippen LogP contribution in [0.2, 0.25) is 10.0 Å². The van der Waals surface area contributed by atoms with Gasteiger partial charge in [0.1, 0.15) is 5.82 Å². The predicted molar refractivity (Wildman–Crippen MR) is 84.8 cm³/mol. The van der Waals surface area contributed by atoms with Crippen LogP contribution in [-0.4, -0.2) is 23.2 Å². The molecule has 3 rings (SSSR count). The second kappa shape index (κ2) is 5.44. The van der Waals surface area contributed by atoms with Gasteiger partial charge in [-0.2, -0.15) is 0 Å². The minimum absolute atomic E-state index is 0.0390. The number of anilines is 1. The van der Waals surface area contributed by atoms with Gasteiger partial charge in [0.15, 0.2) is 0 Å². The number of halogens is 2. The number of pyridine rings is 1. The number of fused-ring (bicyclic) bond motifs is 3. The summed E-state index contributed by atoms with van der Waals surface area (Å²) >= 11 is 12.1. The first kappa shape index (κ1) is 13.4. The van der Waals surface area contributed by atoms with E-state index in [4.69, 9.17) is 28.3 Å². The summed E-state index contributed by atoms with van der Waals surface area (Å²) in [7, 11) is 0. The minimum Gasteiger partial charge on any atom is -0.395 e. The van der Waals surface area contributed by atoms with Gasteiger partial charge in [0, 0.05) is 27.4 Å². The summed E-state index contributed by atoms with van der Waals surface area (Å²) in [6.45, 7) is 0.470. The lowest BCUT2D eigenvalue weighted by atomic mass is 10.1. The summed E-state index contributed by atoms with van der Waals surface area (Å²) in [5.74, 6) is 0.700. The molecule has 2 N–H and O–H groups in total. The maximum absolute atomic E-state index is 8.97. The second-order valence-corrected chi connectivity index (χ2v) is 5.34. The second-order valence-electron chi connectivity index (χ2n) is 4.46. The van der Waals surface area contributed by atoms with Crippen molar-refractivity contribution in [3.8, 4) is 0 Å². The van der Waals surface area contributed by atoms with E-state index in [2.05, 4.69) is 10.3 Å². The molecule has 0 saturated heterocycles. The van der Waals surface area contributed by atoms with E-state index in [1.54, 1.807) is 0 Å². The fourth-order valence-corrected chi connectivity index (χ4v) is 2.60. The summed E-state index contributed by atoms with van der Waals surface area (Å²) in [5.41, 5.74) is 0.813. The van der Waals surface area contributed by atoms with E-state index in [-0.39, 0.29) is 6.61 Å². The Morgan fingerprint density at radius 1 is 0.950 bits per heavy atom. The molecule has 0 bridgehead atoms. The first-order valence-electron chi connectivity index (χ1n) is 6.22. The quantitative estimate of drug-likeness (QED) is 0.716. The van der Waals surface area contributed by atoms with Gasteiger partial charge in [-0.25, -0.2) is 4.98 Å². The average Bonchev–Trinajstić information content (AvgIpc) is 2.44. The zero-order chi connectivity index (χ0) is 14.1. The molecule has 0 aliphatic carbocycles. The highest BCUT2D eigenvalue weighted by Crippen LogP contribution is 2.32. The lowest BCUT2D eigenvalue weighted by Gasteiger charge is -2.11. The van der Waals surface area contributed by atoms with Crippen LogP contribution in [0.25, 0.3) is 21.7 Å². The molecule has 5 heteroatoms. The first-order valence-corrected chi connectivity index (χ1v) is 6.98. The minimum atomic E-state index is 0.0390. The molecule has 2 aromatic carbocycles. The summed E-state index contributed by atoms with van der Waals surface area (Å²) < 4.78 is 0. The lowest BCUT2D eigenvalue weighted by Crippen LogP contribution is -2.07. The molecule has 0 saturated carbocycles. The zero-order valence-electron chi connectivity index (χ0n) is 10.5. The highest BCUT2D eigenvalue weighted by molar-refractivity contribution is 6.32. The number of aliphatic hydroxyl groups excluding tert-OH is 1. The van der Waals surface area contributed by atoms with E-state index in [1.807, 2.05) is 36.4 Å². The van der Waals surface area contributed by atoms with Gasteiger partial charge in [-0.15, -0.1) is 0 Å². The largest absolute Gasteiger partial charge is 0.395 e. The molecule has 0 atom stereocenters. The van der Waals surface area contributed by atoms with Gasteiger partial charge in [-0.1, -0.05) is 35.3 Å². The third-order valence-corrected chi connectivity index (χ3v) is 3.59. The van der Waals surface area contributed by atoms with E-state index >= 15 is 0 Å². The summed E-state index contributed by atoms with van der Waals surface area (Å²) in [5, 5.41) is 16.4. The summed E-state index contributed by atoms with van der Waals surface area (Å²) in [6.07, 6.45) is 0. The van der Waals surface area contributed by atoms with Crippen molar-refractivity contribution in [2.75, 3.05) is 18.5 Å². The Labute approximate surface area is 126 Å². The predicted octanol–water partition coefficient (Wildman–Crippen LogP) is 4.10. The van der Waals surface area contributed by atoms with E-state index in [9.17, 15) is 0 Å². The molecule has 0 aliphatic rings. The van der Waals surface area contributed by atoms with Crippen molar-refractivity contribution >= 4 is 50.7 Å². The molecular formula is C15H12Cl2N2O. The summed E-state index contributed by atoms with van der Waals surface area (Å²) in [6, 6.07) is 11.3. The number of nitrogens with one attached hydrogen (secondary N) is 1. The van der Waals surface area contributed by atoms with Gasteiger partial charge >= 0.3 is 0 Å². The number of aliphatic hydroxyl groups is 1. The summed E-state index contributed by atoms with van der Waals surface area (Å²) in [4.78, 5) is 4.58. The maximum atomic E-state index is 8.97. The van der Waals surface area contributed by atoms with Gasteiger partial charge < -0.3 is 10.4 Å². The Balaban J connectivity index is 2.35. The fraction of sp³-hybridized carbons (Fsp3) is 0.133. The van der Waals surface area contributed by atoms with Gasteiger partial charge in [0.05, 0.1) is 12.1 Å². The Bertz CT molecular complexity index is 790. The highest BCUT2D eigenvalue weighted by atomic mass is 35.5. The van der Waals surface area contributed by atoms with Crippen LogP contribution in [-0.2, 0) is 0 Å². The molecule has 1 aromatic heterocycles. The molecule has 102 valence electrons. The molecule has 0 radical (unpaired) electrons. The van der Waals surface area contributed by atoms with E-state index in [1.165, 1.54) is 0 Å². The van der Waals surface area contributed by atoms with Gasteiger partial charge in [-0.05, 0) is 29.7 Å². The Kier molecular flexibility index (Phi) is 3.66. The maximum Gasteiger partial charge on any atom is 0.134 e. The molecular weight excluding hydrogens is 295 g/mol. The first-order chi connectivity index (χ1) is 9.69. The average molecular weight is 307 g/mol. The molecule has 0 fully saturated rings. The molecule has 0 amide bonds. The van der Waals surface area contributed by atoms with Crippen LogP contribution in [0.3, 0.4) is 0 Å². The normalized spacial score (nSPS) is 11.2. The molecule has 20 heavy (non-hydrogen) atoms. The Morgan fingerprint density at radius 2 is 1.65 bits per heavy atom. The van der Waals surface area contributed by atoms with Crippen LogP contribution >= 0.6 is 23.2 Å². The smallest absolute Gasteiger partial charge is 0.134 e. The lowest BCUT2D eigenvalue weighted by molar-refractivity contribution is 0.311. The van der Waals surface area contributed by atoms with Crippen LogP contribution < -0.4 is 5.32 Å². The van der Waals surface area contributed by atoms with Crippen LogP contribution in [0.4, 0.5) is 5.82 Å². The van der Waals surface area contributed by atoms with Crippen LogP contribution in [0.1, 0.15) is 0 Å². The van der Waals surface area contributed by atoms with Crippen molar-refractivity contribution < 1.29 is 5.11 Å². The van der Waals surface area contributed by atoms with Gasteiger partial charge in [0.25, 0.3) is 0 Å². The number of hydrogen-bond acceptors (Lipinski definition) is 3. The number of nitrogens with zero attached hydrogens (tertiary/aromatic N) is 1. The number of aromatic nitrogens is 1. The number of hydrogen-bond donors (Lipinski definition) is 2. The van der Waals surface area contributed by atoms with Crippen molar-refractivity contribution in [1.29, 1.82) is 0 Å². The topological polar surface area (TPSA) is 45.1 Å². The third kappa shape index (κ3) is 2.40. The molecule has 0 spiro atoms. The van der Waals surface area contributed by atoms with E-state index in [0.29, 0.717) is 22.4 Å². The number of benzene rings is 2. The molecule has 3 nitrogen and oxygen atoms in total. The Hall–Kier alpha value is -1.55. The van der Waals surface area contributed by atoms with Gasteiger partial charge in [-0.3, -0.25) is 0 Å². The van der Waals surface area contributed by atoms with Gasteiger partial charge in [0.2, 0.25) is 0 Å². The van der Waals surface area contributed by atoms with Crippen molar-refractivity contribution in [2.45, 2.75) is 0 Å². The van der Waals surface area contributed by atoms with Crippen LogP contribution in [0.15, 0.2) is 36.4 Å². The molecule has 0 unspecified atom stereocenters. The molecule has 3 aromatic rings. The van der Waals surface area contributed by atoms with Crippen molar-refractivity contribution in [3.63, 3.8) is 0 Å². The van der Waals surface area contributed by atoms with Crippen LogP contribution in [0.5, 0.6) is 0 Å². The van der Waals surface area contributed by atoms with Crippen LogP contribution in [0, 0.1) is 0 Å². The van der Waals surface area contributed by atoms with Crippen molar-refractivity contribution in [3.05, 3.63) is 46.4 Å². The third-order valence-electron chi connectivity index (χ3n) is 3.12. The molecule has 1 heterocycles. The Morgan fingerprint density at radius 3 is 2.40 bits per heavy atom. The van der Waals surface area contributed by atoms with Crippen molar-refractivity contribution in [2.24, 2.45) is 0 Å². The zero-order valence-corrected chi connectivity index (χ0v) is 12.0. The molecule has 0 aliphatic heterocycles. The standard InChI is InChI=1S/C15H12Cl2N2O/c16-9-1-3-11-12-4-2-10(17)8-14(12)19-15(13(11)7-9)18-5-6-20/h1-4,7-8,20H,5-6H2,(H,18,19). The van der Waals surface area contributed by atoms with Crippen molar-refractivity contribution in [1.82, 2.24) is 4.98 Å². The van der Waals surface area contributed by atoms with E-state index in [0.717, 1.165) is 21.7 Å². The fourth-order valence-electron chi connectivity index (χ4n) is 2.26. The number of rotatable bonds is 3. The monoisotopic (exact) mass is 306 g/mol. The SMILES string of the molecule is OCCNc1nc2cc(Cl)ccc2c2ccc(Cl)cc12.